The maximum absolute atomic E-state index is 10.6. The fraction of sp³-hybridized carbons (Fsp3) is 0.333. The number of ketones is 1. The molecule has 2 aromatic rings. The van der Waals surface area contributed by atoms with Gasteiger partial charge in [-0.05, 0) is 19.1 Å². The van der Waals surface area contributed by atoms with Crippen LogP contribution >= 0.6 is 0 Å². The second kappa shape index (κ2) is 21.4. The Labute approximate surface area is 152 Å². The molecule has 0 spiro atoms. The van der Waals surface area contributed by atoms with E-state index in [2.05, 4.69) is 4.74 Å². The number of methoxy groups -OCH3 is 1. The molecule has 0 atom stereocenters. The van der Waals surface area contributed by atoms with Gasteiger partial charge in [0.25, 0.3) is 0 Å². The monoisotopic (exact) mass is 348 g/mol. The largest absolute Gasteiger partial charge is 0.508 e. The van der Waals surface area contributed by atoms with Gasteiger partial charge in [-0.1, -0.05) is 76.2 Å². The molecule has 0 bridgehead atoms. The molecule has 0 aliphatic heterocycles. The molecule has 1 N–H and O–H groups in total. The summed E-state index contributed by atoms with van der Waals surface area (Å²) in [6.45, 7) is 10.9. The van der Waals surface area contributed by atoms with Gasteiger partial charge in [-0.25, -0.2) is 0 Å². The highest BCUT2D eigenvalue weighted by Crippen LogP contribution is 2.02. The Morgan fingerprint density at radius 2 is 1.08 bits per heavy atom. The minimum Gasteiger partial charge on any atom is -0.508 e. The number of benzene rings is 2. The first-order valence-corrected chi connectivity index (χ1v) is 8.32. The first-order valence-electron chi connectivity index (χ1n) is 8.32. The summed E-state index contributed by atoms with van der Waals surface area (Å²) in [6, 6.07) is 17.9. The van der Waals surface area contributed by atoms with Gasteiger partial charge in [0.1, 0.15) is 5.75 Å². The van der Waals surface area contributed by atoms with Crippen LogP contribution in [0.4, 0.5) is 0 Å². The van der Waals surface area contributed by atoms with Crippen LogP contribution in [0.2, 0.25) is 0 Å². The lowest BCUT2D eigenvalue weighted by atomic mass is 10.2. The molecule has 0 heterocycles. The van der Waals surface area contributed by atoms with Gasteiger partial charge in [0, 0.05) is 12.5 Å². The van der Waals surface area contributed by atoms with Crippen molar-refractivity contribution in [3.05, 3.63) is 66.2 Å². The number of phenolic OH excluding ortho intramolecular Hbond substituents is 1. The van der Waals surface area contributed by atoms with Crippen LogP contribution in [0.15, 0.2) is 60.7 Å². The molecule has 0 aliphatic carbocycles. The first-order chi connectivity index (χ1) is 12.0. The van der Waals surface area contributed by atoms with Crippen molar-refractivity contribution >= 4 is 11.8 Å². The number of phenols is 1. The van der Waals surface area contributed by atoms with Crippen molar-refractivity contribution in [3.63, 3.8) is 0 Å². The van der Waals surface area contributed by atoms with Gasteiger partial charge in [-0.15, -0.1) is 0 Å². The Bertz CT molecular complexity index is 522. The molecule has 25 heavy (non-hydrogen) atoms. The molecule has 0 amide bonds. The van der Waals surface area contributed by atoms with Crippen molar-refractivity contribution in [2.45, 2.75) is 41.5 Å². The summed E-state index contributed by atoms with van der Waals surface area (Å²) in [5.41, 5.74) is 0.775. The van der Waals surface area contributed by atoms with Gasteiger partial charge in [0.15, 0.2) is 5.78 Å². The number of Topliss-reactive ketones (excluding diaryl/α,β-unsaturated/α-hetero) is 1. The van der Waals surface area contributed by atoms with Crippen molar-refractivity contribution in [1.82, 2.24) is 0 Å². The summed E-state index contributed by atoms with van der Waals surface area (Å²) in [5, 5.41) is 8.63. The number of ether oxygens (including phenoxy) is 1. The van der Waals surface area contributed by atoms with E-state index < -0.39 is 0 Å². The number of esters is 1. The summed E-state index contributed by atoms with van der Waals surface area (Å²) >= 11 is 0. The van der Waals surface area contributed by atoms with Crippen LogP contribution in [0, 0.1) is 0 Å². The lowest BCUT2D eigenvalue weighted by Gasteiger charge is -1.89. The Morgan fingerprint density at radius 3 is 1.24 bits per heavy atom. The third kappa shape index (κ3) is 21.4. The number of hydrogen-bond acceptors (Lipinski definition) is 4. The number of carbonyl (C=O) groups excluding carboxylic acids is 2. The topological polar surface area (TPSA) is 63.6 Å². The summed E-state index contributed by atoms with van der Waals surface area (Å²) in [7, 11) is 1.35. The lowest BCUT2D eigenvalue weighted by molar-refractivity contribution is -0.137. The predicted octanol–water partition coefficient (Wildman–Crippen LogP) is 5.51. The van der Waals surface area contributed by atoms with Gasteiger partial charge < -0.3 is 9.84 Å². The van der Waals surface area contributed by atoms with Crippen molar-refractivity contribution in [2.75, 3.05) is 7.11 Å². The van der Waals surface area contributed by atoms with Gasteiger partial charge in [0.2, 0.25) is 0 Å². The molecule has 0 aliphatic rings. The zero-order chi connectivity index (χ0) is 20.1. The average molecular weight is 348 g/mol. The number of aromatic hydroxyl groups is 1. The third-order valence-electron chi connectivity index (χ3n) is 2.22. The van der Waals surface area contributed by atoms with E-state index in [0.717, 1.165) is 5.56 Å². The number of rotatable bonds is 1. The molecule has 0 saturated heterocycles. The zero-order valence-corrected chi connectivity index (χ0v) is 16.4. The molecule has 0 saturated carbocycles. The summed E-state index contributed by atoms with van der Waals surface area (Å²) in [5.74, 6) is 0.197. The number of hydrogen-bond donors (Lipinski definition) is 1. The SMILES string of the molecule is CC.CC.CC(=O)c1ccccc1.COC(C)=O.Oc1ccccc1. The molecule has 4 nitrogen and oxygen atoms in total. The molecule has 140 valence electrons. The molecule has 4 heteroatoms. The maximum atomic E-state index is 10.6. The van der Waals surface area contributed by atoms with Crippen LogP contribution in [0.5, 0.6) is 5.75 Å². The van der Waals surface area contributed by atoms with E-state index in [1.54, 1.807) is 31.2 Å². The quantitative estimate of drug-likeness (QED) is 0.545. The van der Waals surface area contributed by atoms with E-state index >= 15 is 0 Å². The molecular weight excluding hydrogens is 316 g/mol. The van der Waals surface area contributed by atoms with Crippen LogP contribution < -0.4 is 0 Å². The van der Waals surface area contributed by atoms with E-state index in [-0.39, 0.29) is 11.8 Å². The highest BCUT2D eigenvalue weighted by Gasteiger charge is 1.92. The van der Waals surface area contributed by atoms with Crippen LogP contribution in [-0.4, -0.2) is 24.0 Å². The smallest absolute Gasteiger partial charge is 0.302 e. The van der Waals surface area contributed by atoms with E-state index in [4.69, 9.17) is 5.11 Å². The Morgan fingerprint density at radius 1 is 0.760 bits per heavy atom. The molecule has 2 aromatic carbocycles. The van der Waals surface area contributed by atoms with Crippen LogP contribution in [-0.2, 0) is 9.53 Å². The van der Waals surface area contributed by atoms with E-state index in [1.165, 1.54) is 14.0 Å². The normalized spacial score (nSPS) is 7.48. The maximum Gasteiger partial charge on any atom is 0.302 e. The highest BCUT2D eigenvalue weighted by molar-refractivity contribution is 5.93. The van der Waals surface area contributed by atoms with Crippen molar-refractivity contribution in [3.8, 4) is 5.75 Å². The predicted molar refractivity (Wildman–Crippen MR) is 105 cm³/mol. The van der Waals surface area contributed by atoms with Crippen LogP contribution in [0.3, 0.4) is 0 Å². The molecule has 0 radical (unpaired) electrons. The third-order valence-corrected chi connectivity index (χ3v) is 2.22. The Kier molecular flexibility index (Phi) is 23.3. The van der Waals surface area contributed by atoms with E-state index in [0.29, 0.717) is 5.75 Å². The Balaban J connectivity index is -0.000000272. The minimum atomic E-state index is -0.245. The lowest BCUT2D eigenvalue weighted by Crippen LogP contribution is -1.88. The first kappa shape index (κ1) is 27.2. The van der Waals surface area contributed by atoms with Crippen LogP contribution in [0.1, 0.15) is 51.9 Å². The molecule has 2 rings (SSSR count). The second-order valence-corrected chi connectivity index (χ2v) is 3.95. The molecular formula is C21H32O4. The fourth-order valence-electron chi connectivity index (χ4n) is 1.10. The van der Waals surface area contributed by atoms with Gasteiger partial charge >= 0.3 is 5.97 Å². The second-order valence-electron chi connectivity index (χ2n) is 3.95. The molecule has 0 fully saturated rings. The number of para-hydroxylation sites is 1. The van der Waals surface area contributed by atoms with Gasteiger partial charge in [-0.3, -0.25) is 9.59 Å². The summed E-state index contributed by atoms with van der Waals surface area (Å²) in [6.07, 6.45) is 0. The zero-order valence-electron chi connectivity index (χ0n) is 16.4. The molecule has 0 aromatic heterocycles. The van der Waals surface area contributed by atoms with Crippen molar-refractivity contribution < 1.29 is 19.4 Å². The molecule has 0 unspecified atom stereocenters. The van der Waals surface area contributed by atoms with Gasteiger partial charge in [-0.2, -0.15) is 0 Å². The van der Waals surface area contributed by atoms with Crippen molar-refractivity contribution in [1.29, 1.82) is 0 Å². The van der Waals surface area contributed by atoms with Gasteiger partial charge in [0.05, 0.1) is 7.11 Å². The minimum absolute atomic E-state index is 0.121. The van der Waals surface area contributed by atoms with Crippen molar-refractivity contribution in [2.24, 2.45) is 0 Å². The Hall–Kier alpha value is -2.62. The fourth-order valence-corrected chi connectivity index (χ4v) is 1.10. The highest BCUT2D eigenvalue weighted by atomic mass is 16.5. The standard InChI is InChI=1S/C8H8O.C6H6O.C3H6O2.2C2H6/c1-7(9)8-5-3-2-4-6-8;7-6-4-2-1-3-5-6;1-3(4)5-2;2*1-2/h2-6H,1H3;1-5,7H;1-2H3;2*1-2H3. The van der Waals surface area contributed by atoms with E-state index in [1.807, 2.05) is 64.1 Å². The average Bonchev–Trinajstić information content (AvgIpc) is 2.67. The van der Waals surface area contributed by atoms with E-state index in [9.17, 15) is 9.59 Å². The summed E-state index contributed by atoms with van der Waals surface area (Å²) < 4.78 is 4.11. The number of carbonyl (C=O) groups is 2. The summed E-state index contributed by atoms with van der Waals surface area (Å²) in [4.78, 5) is 20.2. The van der Waals surface area contributed by atoms with Crippen LogP contribution in [0.25, 0.3) is 0 Å².